The maximum Gasteiger partial charge on any atom is 0.263 e. The van der Waals surface area contributed by atoms with Gasteiger partial charge in [-0.3, -0.25) is 24.7 Å². The zero-order valence-electron chi connectivity index (χ0n) is 14.4. The van der Waals surface area contributed by atoms with E-state index in [0.717, 1.165) is 0 Å². The lowest BCUT2D eigenvalue weighted by atomic mass is 9.80. The maximum atomic E-state index is 12.8. The first-order valence-corrected chi connectivity index (χ1v) is 8.11. The highest BCUT2D eigenvalue weighted by atomic mass is 16.6. The summed E-state index contributed by atoms with van der Waals surface area (Å²) in [5.74, 6) is -1.99. The van der Waals surface area contributed by atoms with Crippen LogP contribution in [0.15, 0.2) is 52.7 Å². The van der Waals surface area contributed by atoms with Gasteiger partial charge in [0.1, 0.15) is 0 Å². The van der Waals surface area contributed by atoms with E-state index in [1.165, 1.54) is 12.2 Å². The first-order valence-electron chi connectivity index (χ1n) is 8.11. The number of nitro groups is 1. The third-order valence-electron chi connectivity index (χ3n) is 4.24. The van der Waals surface area contributed by atoms with Gasteiger partial charge in [0.25, 0.3) is 11.6 Å². The van der Waals surface area contributed by atoms with Crippen molar-refractivity contribution in [3.8, 4) is 0 Å². The lowest BCUT2D eigenvalue weighted by molar-refractivity contribution is -0.429. The van der Waals surface area contributed by atoms with Gasteiger partial charge in [-0.15, -0.1) is 0 Å². The fourth-order valence-corrected chi connectivity index (χ4v) is 2.94. The van der Waals surface area contributed by atoms with Crippen molar-refractivity contribution in [3.63, 3.8) is 0 Å². The number of nitrogens with zero attached hydrogens (tertiary/aromatic N) is 3. The van der Waals surface area contributed by atoms with Crippen LogP contribution < -0.4 is 5.32 Å². The van der Waals surface area contributed by atoms with Gasteiger partial charge in [-0.2, -0.15) is 0 Å². The molecular weight excluding hydrogens is 336 g/mol. The Labute approximate surface area is 150 Å². The molecule has 2 aliphatic rings. The molecule has 1 heterocycles. The fraction of sp³-hybridized carbons (Fsp3) is 0.278. The molecule has 1 aromatic carbocycles. The van der Waals surface area contributed by atoms with Crippen molar-refractivity contribution in [2.24, 2.45) is 10.9 Å². The summed E-state index contributed by atoms with van der Waals surface area (Å²) < 4.78 is 0. The average molecular weight is 354 g/mol. The van der Waals surface area contributed by atoms with Gasteiger partial charge in [-0.05, 0) is 32.3 Å². The van der Waals surface area contributed by atoms with E-state index in [4.69, 9.17) is 0 Å². The zero-order valence-corrected chi connectivity index (χ0v) is 14.4. The molecule has 0 saturated carbocycles. The minimum atomic E-state index is -1.17. The number of carbonyl (C=O) groups excluding carboxylic acids is 2. The minimum absolute atomic E-state index is 0.130. The molecule has 26 heavy (non-hydrogen) atoms. The molecule has 1 unspecified atom stereocenters. The van der Waals surface area contributed by atoms with E-state index in [2.05, 4.69) is 10.3 Å². The quantitative estimate of drug-likeness (QED) is 0.635. The number of hydrogen-bond donors (Lipinski definition) is 1. The molecule has 8 nitrogen and oxygen atoms in total. The van der Waals surface area contributed by atoms with Crippen LogP contribution in [0.2, 0.25) is 0 Å². The summed E-state index contributed by atoms with van der Waals surface area (Å²) in [6, 6.07) is 6.65. The third-order valence-corrected chi connectivity index (χ3v) is 4.24. The molecule has 1 aliphatic heterocycles. The Morgan fingerprint density at radius 1 is 1.31 bits per heavy atom. The predicted octanol–water partition coefficient (Wildman–Crippen LogP) is 1.35. The number of ketones is 1. The monoisotopic (exact) mass is 354 g/mol. The Kier molecular flexibility index (Phi) is 4.77. The highest BCUT2D eigenvalue weighted by Gasteiger charge is 2.44. The van der Waals surface area contributed by atoms with Crippen LogP contribution in [0.3, 0.4) is 0 Å². The number of likely N-dealkylation sites (N-methyl/N-ethyl adjacent to an activating group) is 1. The molecule has 0 radical (unpaired) electrons. The number of allylic oxidation sites excluding steroid dienone is 3. The van der Waals surface area contributed by atoms with Gasteiger partial charge in [0.2, 0.25) is 0 Å². The third kappa shape index (κ3) is 3.18. The second-order valence-corrected chi connectivity index (χ2v) is 6.30. The molecule has 1 amide bonds. The maximum absolute atomic E-state index is 12.8. The van der Waals surface area contributed by atoms with Gasteiger partial charge in [-0.25, -0.2) is 0 Å². The van der Waals surface area contributed by atoms with Crippen molar-refractivity contribution in [1.82, 2.24) is 10.2 Å². The number of rotatable bonds is 5. The number of para-hydroxylation sites is 1. The molecule has 1 aliphatic carbocycles. The lowest BCUT2D eigenvalue weighted by Crippen LogP contribution is -2.40. The smallest absolute Gasteiger partial charge is 0.263 e. The van der Waals surface area contributed by atoms with Crippen molar-refractivity contribution < 1.29 is 14.5 Å². The van der Waals surface area contributed by atoms with Crippen LogP contribution in [0, 0.1) is 16.0 Å². The topological polar surface area (TPSA) is 105 Å². The summed E-state index contributed by atoms with van der Waals surface area (Å²) in [5, 5.41) is 14.1. The van der Waals surface area contributed by atoms with Crippen molar-refractivity contribution in [1.29, 1.82) is 0 Å². The molecule has 8 heteroatoms. The molecule has 0 spiro atoms. The van der Waals surface area contributed by atoms with E-state index in [1.54, 1.807) is 24.3 Å². The van der Waals surface area contributed by atoms with E-state index >= 15 is 0 Å². The van der Waals surface area contributed by atoms with E-state index < -0.39 is 22.5 Å². The van der Waals surface area contributed by atoms with Gasteiger partial charge in [0.05, 0.1) is 21.9 Å². The molecule has 1 aromatic rings. The molecule has 0 saturated heterocycles. The Hall–Kier alpha value is -3.13. The normalized spacial score (nSPS) is 18.3. The number of fused-ring (bicyclic) bond motifs is 2. The Morgan fingerprint density at radius 2 is 2.04 bits per heavy atom. The van der Waals surface area contributed by atoms with E-state index in [9.17, 15) is 19.7 Å². The number of amides is 1. The van der Waals surface area contributed by atoms with Crippen LogP contribution in [0.1, 0.15) is 10.4 Å². The summed E-state index contributed by atoms with van der Waals surface area (Å²) in [5.41, 5.74) is 0.782. The second-order valence-electron chi connectivity index (χ2n) is 6.30. The zero-order chi connectivity index (χ0) is 18.8. The van der Waals surface area contributed by atoms with Crippen molar-refractivity contribution in [2.75, 3.05) is 27.2 Å². The van der Waals surface area contributed by atoms with Gasteiger partial charge in [0.15, 0.2) is 11.7 Å². The summed E-state index contributed by atoms with van der Waals surface area (Å²) in [6.07, 6.45) is 2.58. The second kappa shape index (κ2) is 7.01. The molecular formula is C18H18N4O4. The molecule has 1 N–H and O–H groups in total. The van der Waals surface area contributed by atoms with E-state index in [-0.39, 0.29) is 17.0 Å². The number of hydrogen-bond acceptors (Lipinski definition) is 6. The predicted molar refractivity (Wildman–Crippen MR) is 96.1 cm³/mol. The summed E-state index contributed by atoms with van der Waals surface area (Å²) in [4.78, 5) is 42.5. The number of aliphatic imine (C=N–C) groups is 1. The van der Waals surface area contributed by atoms with E-state index in [1.807, 2.05) is 19.0 Å². The van der Waals surface area contributed by atoms with Crippen LogP contribution >= 0.6 is 0 Å². The molecule has 134 valence electrons. The first-order chi connectivity index (χ1) is 12.4. The van der Waals surface area contributed by atoms with Crippen molar-refractivity contribution >= 4 is 23.1 Å². The van der Waals surface area contributed by atoms with Crippen LogP contribution in [0.25, 0.3) is 0 Å². The Bertz CT molecular complexity index is 883. The highest BCUT2D eigenvalue weighted by molar-refractivity contribution is 6.33. The lowest BCUT2D eigenvalue weighted by Gasteiger charge is -2.25. The SMILES string of the molecule is CN(C)CCNC(=O)C1=CC=C([N+](=O)[O-])C2C(=O)c3ccccc3N=C12. The fourth-order valence-electron chi connectivity index (χ4n) is 2.94. The standard InChI is InChI=1S/C18H18N4O4/c1-21(2)10-9-19-18(24)12-7-8-14(22(25)26)15-16(12)20-13-6-4-3-5-11(13)17(15)23/h3-8,15H,9-10H2,1-2H3,(H,19,24). The summed E-state index contributed by atoms with van der Waals surface area (Å²) >= 11 is 0. The van der Waals surface area contributed by atoms with Crippen LogP contribution in [0.5, 0.6) is 0 Å². The van der Waals surface area contributed by atoms with Gasteiger partial charge < -0.3 is 10.2 Å². The summed E-state index contributed by atoms with van der Waals surface area (Å²) in [6.45, 7) is 1.06. The molecule has 0 fully saturated rings. The van der Waals surface area contributed by atoms with E-state index in [0.29, 0.717) is 24.3 Å². The minimum Gasteiger partial charge on any atom is -0.351 e. The van der Waals surface area contributed by atoms with Crippen molar-refractivity contribution in [3.05, 3.63) is 63.4 Å². The molecule has 0 bridgehead atoms. The summed E-state index contributed by atoms with van der Waals surface area (Å²) in [7, 11) is 3.77. The van der Waals surface area contributed by atoms with Gasteiger partial charge >= 0.3 is 0 Å². The Morgan fingerprint density at radius 3 is 2.73 bits per heavy atom. The number of Topliss-reactive ketones (excluding diaryl/α,β-unsaturated/α-hetero) is 1. The highest BCUT2D eigenvalue weighted by Crippen LogP contribution is 2.36. The number of carbonyl (C=O) groups is 2. The Balaban J connectivity index is 2.01. The van der Waals surface area contributed by atoms with Gasteiger partial charge in [-0.1, -0.05) is 12.1 Å². The first kappa shape index (κ1) is 17.7. The molecule has 3 rings (SSSR count). The number of nitrogens with one attached hydrogen (secondary N) is 1. The molecule has 0 aromatic heterocycles. The molecule has 1 atom stereocenters. The van der Waals surface area contributed by atoms with Crippen LogP contribution in [-0.2, 0) is 4.79 Å². The van der Waals surface area contributed by atoms with Crippen LogP contribution in [-0.4, -0.2) is 54.4 Å². The van der Waals surface area contributed by atoms with Gasteiger partial charge in [0, 0.05) is 24.7 Å². The van der Waals surface area contributed by atoms with Crippen molar-refractivity contribution in [2.45, 2.75) is 0 Å². The number of benzene rings is 1. The average Bonchev–Trinajstić information content (AvgIpc) is 2.60. The van der Waals surface area contributed by atoms with Crippen LogP contribution in [0.4, 0.5) is 5.69 Å². The largest absolute Gasteiger partial charge is 0.351 e.